The summed E-state index contributed by atoms with van der Waals surface area (Å²) in [6.07, 6.45) is -0.136. The summed E-state index contributed by atoms with van der Waals surface area (Å²) in [7, 11) is 2.13. The Labute approximate surface area is 114 Å². The SMILES string of the molecule is CC1CN(C)CCN1CCC(O)c1ccccc1F. The summed E-state index contributed by atoms with van der Waals surface area (Å²) in [4.78, 5) is 4.68. The Morgan fingerprint density at radius 1 is 1.37 bits per heavy atom. The summed E-state index contributed by atoms with van der Waals surface area (Å²) in [6.45, 7) is 6.13. The molecule has 1 aliphatic rings. The smallest absolute Gasteiger partial charge is 0.128 e. The first kappa shape index (κ1) is 14.4. The van der Waals surface area contributed by atoms with E-state index in [1.54, 1.807) is 18.2 Å². The predicted octanol–water partition coefficient (Wildman–Crippen LogP) is 1.89. The average molecular weight is 266 g/mol. The van der Waals surface area contributed by atoms with Crippen LogP contribution >= 0.6 is 0 Å². The van der Waals surface area contributed by atoms with Gasteiger partial charge in [-0.3, -0.25) is 4.90 Å². The van der Waals surface area contributed by atoms with Crippen molar-refractivity contribution in [2.75, 3.05) is 33.2 Å². The maximum Gasteiger partial charge on any atom is 0.128 e. The standard InChI is InChI=1S/C15H23FN2O/c1-12-11-17(2)9-10-18(12)8-7-15(19)13-5-3-4-6-14(13)16/h3-6,12,15,19H,7-11H2,1-2H3. The Morgan fingerprint density at radius 2 is 2.11 bits per heavy atom. The van der Waals surface area contributed by atoms with Gasteiger partial charge in [0.25, 0.3) is 0 Å². The fraction of sp³-hybridized carbons (Fsp3) is 0.600. The van der Waals surface area contributed by atoms with Crippen LogP contribution in [0.4, 0.5) is 4.39 Å². The van der Waals surface area contributed by atoms with Crippen molar-refractivity contribution in [2.45, 2.75) is 25.5 Å². The molecule has 0 radical (unpaired) electrons. The second kappa shape index (κ2) is 6.46. The van der Waals surface area contributed by atoms with Gasteiger partial charge >= 0.3 is 0 Å². The van der Waals surface area contributed by atoms with Gasteiger partial charge in [-0.1, -0.05) is 18.2 Å². The van der Waals surface area contributed by atoms with E-state index in [0.717, 1.165) is 26.2 Å². The zero-order chi connectivity index (χ0) is 13.8. The minimum Gasteiger partial charge on any atom is -0.388 e. The molecule has 0 saturated carbocycles. The van der Waals surface area contributed by atoms with Crippen LogP contribution in [0.25, 0.3) is 0 Å². The zero-order valence-corrected chi connectivity index (χ0v) is 11.7. The number of rotatable bonds is 4. The maximum absolute atomic E-state index is 13.6. The van der Waals surface area contributed by atoms with E-state index in [1.807, 2.05) is 0 Å². The first-order valence-corrected chi connectivity index (χ1v) is 6.93. The lowest BCUT2D eigenvalue weighted by molar-refractivity contribution is 0.0761. The van der Waals surface area contributed by atoms with Crippen molar-refractivity contribution >= 4 is 0 Å². The highest BCUT2D eigenvalue weighted by atomic mass is 19.1. The topological polar surface area (TPSA) is 26.7 Å². The molecule has 0 aromatic heterocycles. The molecular weight excluding hydrogens is 243 g/mol. The van der Waals surface area contributed by atoms with Crippen LogP contribution in [-0.4, -0.2) is 54.2 Å². The van der Waals surface area contributed by atoms with Gasteiger partial charge in [-0.25, -0.2) is 4.39 Å². The van der Waals surface area contributed by atoms with Crippen molar-refractivity contribution in [1.29, 1.82) is 0 Å². The van der Waals surface area contributed by atoms with Crippen LogP contribution in [0.2, 0.25) is 0 Å². The van der Waals surface area contributed by atoms with Gasteiger partial charge < -0.3 is 10.0 Å². The predicted molar refractivity (Wildman–Crippen MR) is 74.5 cm³/mol. The van der Waals surface area contributed by atoms with Crippen LogP contribution in [0.1, 0.15) is 25.0 Å². The molecule has 106 valence electrons. The molecular formula is C15H23FN2O. The Balaban J connectivity index is 1.87. The lowest BCUT2D eigenvalue weighted by Crippen LogP contribution is -2.50. The van der Waals surface area contributed by atoms with E-state index in [9.17, 15) is 9.50 Å². The van der Waals surface area contributed by atoms with E-state index in [0.29, 0.717) is 18.0 Å². The molecule has 1 saturated heterocycles. The van der Waals surface area contributed by atoms with Crippen molar-refractivity contribution in [2.24, 2.45) is 0 Å². The number of aliphatic hydroxyl groups excluding tert-OH is 1. The molecule has 0 spiro atoms. The average Bonchev–Trinajstić information content (AvgIpc) is 2.38. The molecule has 2 unspecified atom stereocenters. The second-order valence-electron chi connectivity index (χ2n) is 5.47. The molecule has 1 fully saturated rings. The monoisotopic (exact) mass is 266 g/mol. The lowest BCUT2D eigenvalue weighted by Gasteiger charge is -2.38. The number of nitrogens with zero attached hydrogens (tertiary/aromatic N) is 2. The number of benzene rings is 1. The van der Waals surface area contributed by atoms with Gasteiger partial charge in [-0.15, -0.1) is 0 Å². The van der Waals surface area contributed by atoms with Crippen LogP contribution in [-0.2, 0) is 0 Å². The highest BCUT2D eigenvalue weighted by Gasteiger charge is 2.22. The molecule has 1 heterocycles. The van der Waals surface area contributed by atoms with Crippen molar-refractivity contribution in [3.63, 3.8) is 0 Å². The lowest BCUT2D eigenvalue weighted by atomic mass is 10.0. The van der Waals surface area contributed by atoms with Crippen molar-refractivity contribution in [3.05, 3.63) is 35.6 Å². The van der Waals surface area contributed by atoms with Crippen LogP contribution in [0.5, 0.6) is 0 Å². The Hall–Kier alpha value is -0.970. The quantitative estimate of drug-likeness (QED) is 0.901. The van der Waals surface area contributed by atoms with E-state index in [4.69, 9.17) is 0 Å². The fourth-order valence-corrected chi connectivity index (χ4v) is 2.70. The molecule has 2 rings (SSSR count). The molecule has 0 bridgehead atoms. The largest absolute Gasteiger partial charge is 0.388 e. The summed E-state index contributed by atoms with van der Waals surface area (Å²) < 4.78 is 13.6. The van der Waals surface area contributed by atoms with Crippen LogP contribution < -0.4 is 0 Å². The minimum atomic E-state index is -0.715. The normalized spacial score (nSPS) is 23.5. The Bertz CT molecular complexity index is 413. The molecule has 2 atom stereocenters. The third-order valence-corrected chi connectivity index (χ3v) is 3.92. The minimum absolute atomic E-state index is 0.318. The van der Waals surface area contributed by atoms with E-state index < -0.39 is 6.10 Å². The van der Waals surface area contributed by atoms with Crippen molar-refractivity contribution < 1.29 is 9.50 Å². The number of piperazine rings is 1. The number of halogens is 1. The summed E-state index contributed by atoms with van der Waals surface area (Å²) in [5, 5.41) is 10.1. The number of hydrogen-bond acceptors (Lipinski definition) is 3. The van der Waals surface area contributed by atoms with Crippen LogP contribution in [0, 0.1) is 5.82 Å². The molecule has 0 aliphatic carbocycles. The zero-order valence-electron chi connectivity index (χ0n) is 11.7. The number of aliphatic hydroxyl groups is 1. The van der Waals surface area contributed by atoms with E-state index in [2.05, 4.69) is 23.8 Å². The first-order chi connectivity index (χ1) is 9.08. The Kier molecular flexibility index (Phi) is 4.91. The third kappa shape index (κ3) is 3.75. The van der Waals surface area contributed by atoms with Gasteiger partial charge in [0.15, 0.2) is 0 Å². The molecule has 19 heavy (non-hydrogen) atoms. The third-order valence-electron chi connectivity index (χ3n) is 3.92. The van der Waals surface area contributed by atoms with E-state index in [-0.39, 0.29) is 5.82 Å². The van der Waals surface area contributed by atoms with Crippen molar-refractivity contribution in [3.8, 4) is 0 Å². The molecule has 0 amide bonds. The van der Waals surface area contributed by atoms with Gasteiger partial charge in [-0.2, -0.15) is 0 Å². The Morgan fingerprint density at radius 3 is 2.79 bits per heavy atom. The highest BCUT2D eigenvalue weighted by molar-refractivity contribution is 5.19. The highest BCUT2D eigenvalue weighted by Crippen LogP contribution is 2.21. The molecule has 3 nitrogen and oxygen atoms in total. The van der Waals surface area contributed by atoms with Crippen molar-refractivity contribution in [1.82, 2.24) is 9.80 Å². The van der Waals surface area contributed by atoms with Gasteiger partial charge in [0.1, 0.15) is 5.82 Å². The molecule has 1 N–H and O–H groups in total. The summed E-state index contributed by atoms with van der Waals surface area (Å²) >= 11 is 0. The van der Waals surface area contributed by atoms with Crippen LogP contribution in [0.3, 0.4) is 0 Å². The first-order valence-electron chi connectivity index (χ1n) is 6.93. The fourth-order valence-electron chi connectivity index (χ4n) is 2.70. The molecule has 1 aromatic rings. The summed E-state index contributed by atoms with van der Waals surface area (Å²) in [5.41, 5.74) is 0.407. The number of hydrogen-bond donors (Lipinski definition) is 1. The van der Waals surface area contributed by atoms with E-state index >= 15 is 0 Å². The van der Waals surface area contributed by atoms with Gasteiger partial charge in [0.2, 0.25) is 0 Å². The number of likely N-dealkylation sites (N-methyl/N-ethyl adjacent to an activating group) is 1. The molecule has 4 heteroatoms. The van der Waals surface area contributed by atoms with Gasteiger partial charge in [0, 0.05) is 37.8 Å². The van der Waals surface area contributed by atoms with Crippen LogP contribution in [0.15, 0.2) is 24.3 Å². The van der Waals surface area contributed by atoms with Gasteiger partial charge in [0.05, 0.1) is 6.10 Å². The molecule has 1 aromatic carbocycles. The summed E-state index contributed by atoms with van der Waals surface area (Å²) in [5.74, 6) is -0.318. The summed E-state index contributed by atoms with van der Waals surface area (Å²) in [6, 6.07) is 6.96. The van der Waals surface area contributed by atoms with E-state index in [1.165, 1.54) is 6.07 Å². The second-order valence-corrected chi connectivity index (χ2v) is 5.47. The molecule has 1 aliphatic heterocycles. The van der Waals surface area contributed by atoms with Gasteiger partial charge in [-0.05, 0) is 26.5 Å². The maximum atomic E-state index is 13.6.